The molecule has 2 heterocycles. The number of rotatable bonds is 3. The van der Waals surface area contributed by atoms with Crippen molar-refractivity contribution in [3.8, 4) is 17.1 Å². The van der Waals surface area contributed by atoms with Gasteiger partial charge in [0.25, 0.3) is 5.82 Å². The standard InChI is InChI=1S/C36H43N2/c1-7-35(5)30-18-10-9-17-27(30)34-37(33-23(3)13-11-14-24(33)4)31-21-28-25-15-12-16-26(20-19-25)29(28)22-32(31)38(34)36(35,6)8-2/h9-11,13-14,17-18,21-22,25-26H,7-8,12,15-16,19-20H2,1-6H3/q+1. The summed E-state index contributed by atoms with van der Waals surface area (Å²) in [6.07, 6.45) is 9.04. The predicted molar refractivity (Wildman–Crippen MR) is 159 cm³/mol. The van der Waals surface area contributed by atoms with Gasteiger partial charge < -0.3 is 0 Å². The third kappa shape index (κ3) is 2.93. The summed E-state index contributed by atoms with van der Waals surface area (Å²) in [5.74, 6) is 2.83. The Balaban J connectivity index is 1.71. The van der Waals surface area contributed by atoms with Crippen molar-refractivity contribution in [1.82, 2.24) is 4.57 Å². The molecule has 0 radical (unpaired) electrons. The van der Waals surface area contributed by atoms with E-state index < -0.39 is 0 Å². The van der Waals surface area contributed by atoms with E-state index in [1.165, 1.54) is 76.9 Å². The Labute approximate surface area is 228 Å². The number of hydrogen-bond donors (Lipinski definition) is 0. The van der Waals surface area contributed by atoms with E-state index in [-0.39, 0.29) is 11.0 Å². The maximum atomic E-state index is 2.80. The molecule has 1 fully saturated rings. The van der Waals surface area contributed by atoms with Gasteiger partial charge in [-0.25, -0.2) is 4.57 Å². The average molecular weight is 504 g/mol. The van der Waals surface area contributed by atoms with E-state index in [1.807, 2.05) is 0 Å². The molecular weight excluding hydrogens is 460 g/mol. The van der Waals surface area contributed by atoms with Gasteiger partial charge in [0.1, 0.15) is 11.2 Å². The van der Waals surface area contributed by atoms with Crippen molar-refractivity contribution < 1.29 is 4.57 Å². The highest BCUT2D eigenvalue weighted by Gasteiger charge is 2.56. The molecule has 3 aliphatic carbocycles. The van der Waals surface area contributed by atoms with Crippen molar-refractivity contribution in [1.29, 1.82) is 0 Å². The molecule has 0 N–H and O–H groups in total. The van der Waals surface area contributed by atoms with Crippen LogP contribution in [0.5, 0.6) is 0 Å². The van der Waals surface area contributed by atoms with Crippen LogP contribution in [-0.4, -0.2) is 4.57 Å². The molecule has 0 amide bonds. The van der Waals surface area contributed by atoms with E-state index in [0.717, 1.165) is 24.7 Å². The van der Waals surface area contributed by atoms with Crippen LogP contribution in [0, 0.1) is 13.8 Å². The number of hydrogen-bond acceptors (Lipinski definition) is 0. The lowest BCUT2D eigenvalue weighted by atomic mass is 9.61. The van der Waals surface area contributed by atoms with Crippen LogP contribution in [0.2, 0.25) is 0 Å². The fraction of sp³-hybridized carbons (Fsp3) is 0.472. The van der Waals surface area contributed by atoms with E-state index in [0.29, 0.717) is 0 Å². The van der Waals surface area contributed by atoms with Crippen LogP contribution in [-0.2, 0) is 11.0 Å². The topological polar surface area (TPSA) is 8.81 Å². The van der Waals surface area contributed by atoms with Crippen LogP contribution in [0.3, 0.4) is 0 Å². The lowest BCUT2D eigenvalue weighted by Gasteiger charge is -2.48. The average Bonchev–Trinajstić information content (AvgIpc) is 3.06. The lowest BCUT2D eigenvalue weighted by Crippen LogP contribution is -2.67. The smallest absolute Gasteiger partial charge is 0.216 e. The summed E-state index contributed by atoms with van der Waals surface area (Å²) in [5.41, 5.74) is 13.1. The maximum Gasteiger partial charge on any atom is 0.295 e. The van der Waals surface area contributed by atoms with Gasteiger partial charge in [0.05, 0.1) is 5.56 Å². The molecule has 1 aliphatic heterocycles. The van der Waals surface area contributed by atoms with Crippen LogP contribution < -0.4 is 4.57 Å². The fourth-order valence-electron chi connectivity index (χ4n) is 8.87. The van der Waals surface area contributed by atoms with E-state index in [9.17, 15) is 0 Å². The minimum atomic E-state index is -0.0382. The van der Waals surface area contributed by atoms with Crippen molar-refractivity contribution >= 4 is 11.0 Å². The molecule has 38 heavy (non-hydrogen) atoms. The highest BCUT2D eigenvalue weighted by Crippen LogP contribution is 2.53. The molecule has 4 aromatic rings. The number of aromatic nitrogens is 2. The Kier molecular flexibility index (Phi) is 5.29. The number of aryl methyl sites for hydroxylation is 2. The maximum absolute atomic E-state index is 2.80. The highest BCUT2D eigenvalue weighted by molar-refractivity contribution is 5.84. The molecule has 2 nitrogen and oxygen atoms in total. The molecule has 1 aromatic heterocycles. The van der Waals surface area contributed by atoms with Crippen LogP contribution >= 0.6 is 0 Å². The molecule has 2 bridgehead atoms. The van der Waals surface area contributed by atoms with Crippen molar-refractivity contribution in [3.05, 3.63) is 82.4 Å². The quantitative estimate of drug-likeness (QED) is 0.246. The summed E-state index contributed by atoms with van der Waals surface area (Å²) in [6, 6.07) is 21.4. The summed E-state index contributed by atoms with van der Waals surface area (Å²) in [5, 5.41) is 0. The Morgan fingerprint density at radius 3 is 2.13 bits per heavy atom. The van der Waals surface area contributed by atoms with Crippen molar-refractivity contribution in [2.24, 2.45) is 0 Å². The third-order valence-electron chi connectivity index (χ3n) is 11.4. The van der Waals surface area contributed by atoms with Crippen molar-refractivity contribution in [2.75, 3.05) is 0 Å². The third-order valence-corrected chi connectivity index (χ3v) is 11.4. The van der Waals surface area contributed by atoms with Crippen molar-refractivity contribution in [2.45, 2.75) is 109 Å². The van der Waals surface area contributed by atoms with Gasteiger partial charge in [-0.2, -0.15) is 4.57 Å². The number of imidazole rings is 1. The molecule has 0 saturated heterocycles. The van der Waals surface area contributed by atoms with E-state index in [4.69, 9.17) is 0 Å². The molecule has 4 aliphatic rings. The molecule has 0 spiro atoms. The second-order valence-corrected chi connectivity index (χ2v) is 13.0. The molecule has 3 aromatic carbocycles. The van der Waals surface area contributed by atoms with Gasteiger partial charge in [-0.3, -0.25) is 0 Å². The summed E-state index contributed by atoms with van der Waals surface area (Å²) >= 11 is 0. The van der Waals surface area contributed by atoms with Gasteiger partial charge >= 0.3 is 0 Å². The molecular formula is C36H43N2+. The molecule has 1 saturated carbocycles. The highest BCUT2D eigenvalue weighted by atomic mass is 15.2. The van der Waals surface area contributed by atoms with E-state index >= 15 is 0 Å². The Hall–Kier alpha value is -2.87. The number of fused-ring (bicyclic) bond motifs is 8. The van der Waals surface area contributed by atoms with E-state index in [2.05, 4.69) is 105 Å². The zero-order valence-electron chi connectivity index (χ0n) is 24.2. The van der Waals surface area contributed by atoms with Crippen LogP contribution in [0.25, 0.3) is 28.1 Å². The molecule has 2 heteroatoms. The van der Waals surface area contributed by atoms with Gasteiger partial charge in [0.15, 0.2) is 11.0 Å². The molecule has 8 rings (SSSR count). The first-order chi connectivity index (χ1) is 18.3. The first-order valence-electron chi connectivity index (χ1n) is 15.1. The molecule has 4 unspecified atom stereocenters. The predicted octanol–water partition coefficient (Wildman–Crippen LogP) is 9.15. The summed E-state index contributed by atoms with van der Waals surface area (Å²) in [6.45, 7) is 14.5. The molecule has 196 valence electrons. The first kappa shape index (κ1) is 24.2. The fourth-order valence-corrected chi connectivity index (χ4v) is 8.87. The monoisotopic (exact) mass is 503 g/mol. The zero-order chi connectivity index (χ0) is 26.4. The van der Waals surface area contributed by atoms with Gasteiger partial charge in [-0.05, 0) is 117 Å². The summed E-state index contributed by atoms with van der Waals surface area (Å²) in [4.78, 5) is 0. The minimum Gasteiger partial charge on any atom is -0.216 e. The second-order valence-electron chi connectivity index (χ2n) is 13.0. The van der Waals surface area contributed by atoms with E-state index in [1.54, 1.807) is 11.1 Å². The first-order valence-corrected chi connectivity index (χ1v) is 15.1. The second kappa shape index (κ2) is 8.31. The van der Waals surface area contributed by atoms with Crippen LogP contribution in [0.15, 0.2) is 54.6 Å². The lowest BCUT2D eigenvalue weighted by molar-refractivity contribution is -0.743. The van der Waals surface area contributed by atoms with Crippen LogP contribution in [0.4, 0.5) is 0 Å². The van der Waals surface area contributed by atoms with Gasteiger partial charge in [0, 0.05) is 5.41 Å². The largest absolute Gasteiger partial charge is 0.295 e. The molecule has 4 atom stereocenters. The number of benzene rings is 3. The minimum absolute atomic E-state index is 0.0382. The Bertz CT molecular complexity index is 1560. The normalized spacial score (nSPS) is 27.6. The Morgan fingerprint density at radius 1 is 0.816 bits per heavy atom. The SMILES string of the molecule is CCC1(C)c2ccccc2-c2n(-c3c(C)cccc3C)c3cc4c(cc3[n+]2C1(C)CC)C1CCCC4CC1. The summed E-state index contributed by atoms with van der Waals surface area (Å²) in [7, 11) is 0. The van der Waals surface area contributed by atoms with Crippen molar-refractivity contribution in [3.63, 3.8) is 0 Å². The zero-order valence-corrected chi connectivity index (χ0v) is 24.2. The van der Waals surface area contributed by atoms with Gasteiger partial charge in [-0.15, -0.1) is 0 Å². The Morgan fingerprint density at radius 2 is 1.47 bits per heavy atom. The van der Waals surface area contributed by atoms with Gasteiger partial charge in [-0.1, -0.05) is 63.6 Å². The van der Waals surface area contributed by atoms with Gasteiger partial charge in [0.2, 0.25) is 0 Å². The van der Waals surface area contributed by atoms with Crippen LogP contribution in [0.1, 0.15) is 112 Å². The summed E-state index contributed by atoms with van der Waals surface area (Å²) < 4.78 is 5.47. The number of nitrogens with zero attached hydrogens (tertiary/aromatic N) is 2. The number of para-hydroxylation sites is 1.